The van der Waals surface area contributed by atoms with E-state index >= 15 is 0 Å². The monoisotopic (exact) mass is 336 g/mol. The van der Waals surface area contributed by atoms with Gasteiger partial charge in [-0.25, -0.2) is 0 Å². The van der Waals surface area contributed by atoms with E-state index in [2.05, 4.69) is 6.58 Å². The van der Waals surface area contributed by atoms with Gasteiger partial charge < -0.3 is 14.9 Å². The highest BCUT2D eigenvalue weighted by Crippen LogP contribution is 2.26. The molecular formula is C17H21ClN2O3. The molecule has 6 heteroatoms. The number of rotatable bonds is 4. The highest BCUT2D eigenvalue weighted by atomic mass is 35.5. The van der Waals surface area contributed by atoms with Crippen LogP contribution in [-0.2, 0) is 16.0 Å². The minimum Gasteiger partial charge on any atom is -0.508 e. The Morgan fingerprint density at radius 2 is 1.87 bits per heavy atom. The maximum atomic E-state index is 12.3. The Bertz CT molecular complexity index is 623. The second-order valence-corrected chi connectivity index (χ2v) is 6.05. The average molecular weight is 337 g/mol. The summed E-state index contributed by atoms with van der Waals surface area (Å²) in [6.45, 7) is 7.39. The lowest BCUT2D eigenvalue weighted by Gasteiger charge is -2.34. The molecule has 1 heterocycles. The molecule has 1 fully saturated rings. The van der Waals surface area contributed by atoms with Gasteiger partial charge in [0.05, 0.1) is 0 Å². The van der Waals surface area contributed by atoms with Crippen LogP contribution in [0.25, 0.3) is 0 Å². The van der Waals surface area contributed by atoms with E-state index in [4.69, 9.17) is 11.6 Å². The van der Waals surface area contributed by atoms with Crippen molar-refractivity contribution >= 4 is 23.4 Å². The van der Waals surface area contributed by atoms with Crippen LogP contribution >= 0.6 is 11.6 Å². The molecule has 1 saturated heterocycles. The molecule has 1 aliphatic rings. The molecule has 2 rings (SSSR count). The fourth-order valence-corrected chi connectivity index (χ4v) is 2.80. The highest BCUT2D eigenvalue weighted by Gasteiger charge is 2.22. The third kappa shape index (κ3) is 4.26. The molecule has 0 unspecified atom stereocenters. The van der Waals surface area contributed by atoms with E-state index in [1.807, 2.05) is 6.92 Å². The first kappa shape index (κ1) is 17.3. The smallest absolute Gasteiger partial charge is 0.246 e. The number of phenolic OH excluding ortho intramolecular Hbond substituents is 1. The molecule has 5 nitrogen and oxygen atoms in total. The van der Waals surface area contributed by atoms with Crippen LogP contribution in [0.5, 0.6) is 5.75 Å². The third-order valence-electron chi connectivity index (χ3n) is 4.09. The minimum atomic E-state index is -0.101. The van der Waals surface area contributed by atoms with Gasteiger partial charge in [-0.2, -0.15) is 0 Å². The number of phenols is 1. The average Bonchev–Trinajstić information content (AvgIpc) is 2.56. The van der Waals surface area contributed by atoms with Crippen molar-refractivity contribution in [2.45, 2.75) is 19.8 Å². The van der Waals surface area contributed by atoms with Gasteiger partial charge in [0.1, 0.15) is 5.75 Å². The number of carbonyl (C=O) groups excluding carboxylic acids is 2. The molecule has 0 bridgehead atoms. The lowest BCUT2D eigenvalue weighted by molar-refractivity contribution is -0.137. The van der Waals surface area contributed by atoms with Crippen LogP contribution in [0.15, 0.2) is 24.8 Å². The second kappa shape index (κ2) is 7.51. The molecule has 124 valence electrons. The SMILES string of the molecule is C=CC(=O)N1CCN(C(=O)CCc2cc(Cl)c(C)cc2O)CC1. The van der Waals surface area contributed by atoms with Gasteiger partial charge in [-0.1, -0.05) is 18.2 Å². The van der Waals surface area contributed by atoms with Gasteiger partial charge >= 0.3 is 0 Å². The largest absolute Gasteiger partial charge is 0.508 e. The zero-order valence-corrected chi connectivity index (χ0v) is 14.0. The minimum absolute atomic E-state index is 0.0202. The Hall–Kier alpha value is -2.01. The molecule has 1 aromatic rings. The standard InChI is InChI=1S/C17H21ClN2O3/c1-3-16(22)19-6-8-20(9-7-19)17(23)5-4-13-11-14(18)12(2)10-15(13)21/h3,10-11,21H,1,4-9H2,2H3. The van der Waals surface area contributed by atoms with Crippen molar-refractivity contribution in [2.24, 2.45) is 0 Å². The van der Waals surface area contributed by atoms with Crippen LogP contribution in [0.1, 0.15) is 17.5 Å². The number of hydrogen-bond donors (Lipinski definition) is 1. The summed E-state index contributed by atoms with van der Waals surface area (Å²) >= 11 is 6.06. The van der Waals surface area contributed by atoms with Gasteiger partial charge in [-0.15, -0.1) is 0 Å². The number of aromatic hydroxyl groups is 1. The van der Waals surface area contributed by atoms with Crippen molar-refractivity contribution in [1.29, 1.82) is 0 Å². The zero-order valence-electron chi connectivity index (χ0n) is 13.2. The molecule has 1 aliphatic heterocycles. The van der Waals surface area contributed by atoms with Crippen LogP contribution in [0.3, 0.4) is 0 Å². The van der Waals surface area contributed by atoms with Crippen molar-refractivity contribution in [1.82, 2.24) is 9.80 Å². The Kier molecular flexibility index (Phi) is 5.66. The fraction of sp³-hybridized carbons (Fsp3) is 0.412. The molecule has 0 radical (unpaired) electrons. The molecule has 0 saturated carbocycles. The summed E-state index contributed by atoms with van der Waals surface area (Å²) in [6, 6.07) is 3.32. The van der Waals surface area contributed by atoms with E-state index in [9.17, 15) is 14.7 Å². The van der Waals surface area contributed by atoms with Crippen molar-refractivity contribution in [3.8, 4) is 5.75 Å². The van der Waals surface area contributed by atoms with Gasteiger partial charge in [0.2, 0.25) is 11.8 Å². The summed E-state index contributed by atoms with van der Waals surface area (Å²) in [5, 5.41) is 10.5. The molecule has 1 N–H and O–H groups in total. The fourth-order valence-electron chi connectivity index (χ4n) is 2.61. The van der Waals surface area contributed by atoms with Crippen molar-refractivity contribution in [3.05, 3.63) is 40.9 Å². The predicted octanol–water partition coefficient (Wildman–Crippen LogP) is 2.14. The van der Waals surface area contributed by atoms with E-state index in [1.165, 1.54) is 6.08 Å². The van der Waals surface area contributed by atoms with E-state index in [-0.39, 0.29) is 17.6 Å². The summed E-state index contributed by atoms with van der Waals surface area (Å²) in [6.07, 6.45) is 2.04. The van der Waals surface area contributed by atoms with Gasteiger partial charge in [0.25, 0.3) is 0 Å². The van der Waals surface area contributed by atoms with Gasteiger partial charge in [-0.3, -0.25) is 9.59 Å². The van der Waals surface area contributed by atoms with E-state index in [0.717, 1.165) is 5.56 Å². The lowest BCUT2D eigenvalue weighted by atomic mass is 10.1. The molecule has 2 amide bonds. The first-order valence-corrected chi connectivity index (χ1v) is 7.97. The Morgan fingerprint density at radius 1 is 1.26 bits per heavy atom. The molecule has 0 atom stereocenters. The van der Waals surface area contributed by atoms with Crippen LogP contribution in [0, 0.1) is 6.92 Å². The van der Waals surface area contributed by atoms with E-state index < -0.39 is 0 Å². The lowest BCUT2D eigenvalue weighted by Crippen LogP contribution is -2.50. The van der Waals surface area contributed by atoms with Crippen molar-refractivity contribution in [3.63, 3.8) is 0 Å². The van der Waals surface area contributed by atoms with Crippen LogP contribution in [0.2, 0.25) is 5.02 Å². The summed E-state index contributed by atoms with van der Waals surface area (Å²) in [5.74, 6) is 0.0872. The van der Waals surface area contributed by atoms with Crippen LogP contribution in [0.4, 0.5) is 0 Å². The first-order valence-electron chi connectivity index (χ1n) is 7.59. The van der Waals surface area contributed by atoms with Crippen LogP contribution < -0.4 is 0 Å². The number of amides is 2. The van der Waals surface area contributed by atoms with Crippen LogP contribution in [-0.4, -0.2) is 52.9 Å². The van der Waals surface area contributed by atoms with Gasteiger partial charge in [0, 0.05) is 37.6 Å². The van der Waals surface area contributed by atoms with E-state index in [0.29, 0.717) is 49.6 Å². The first-order chi connectivity index (χ1) is 10.9. The summed E-state index contributed by atoms with van der Waals surface area (Å²) in [5.41, 5.74) is 1.48. The van der Waals surface area contributed by atoms with E-state index in [1.54, 1.807) is 21.9 Å². The summed E-state index contributed by atoms with van der Waals surface area (Å²) in [4.78, 5) is 27.2. The zero-order chi connectivity index (χ0) is 17.0. The summed E-state index contributed by atoms with van der Waals surface area (Å²) in [7, 11) is 0. The Balaban J connectivity index is 1.88. The third-order valence-corrected chi connectivity index (χ3v) is 4.49. The number of carbonyl (C=O) groups is 2. The molecule has 23 heavy (non-hydrogen) atoms. The highest BCUT2D eigenvalue weighted by molar-refractivity contribution is 6.31. The normalized spacial score (nSPS) is 14.7. The number of aryl methyl sites for hydroxylation is 2. The molecule has 0 aromatic heterocycles. The molecule has 0 spiro atoms. The predicted molar refractivity (Wildman–Crippen MR) is 89.5 cm³/mol. The second-order valence-electron chi connectivity index (χ2n) is 5.64. The quantitative estimate of drug-likeness (QED) is 0.857. The Labute approximate surface area is 141 Å². The topological polar surface area (TPSA) is 60.9 Å². The maximum absolute atomic E-state index is 12.3. The molecule has 1 aromatic carbocycles. The maximum Gasteiger partial charge on any atom is 0.246 e. The number of hydrogen-bond acceptors (Lipinski definition) is 3. The van der Waals surface area contributed by atoms with Crippen molar-refractivity contribution < 1.29 is 14.7 Å². The number of nitrogens with zero attached hydrogens (tertiary/aromatic N) is 2. The van der Waals surface area contributed by atoms with Gasteiger partial charge in [0.15, 0.2) is 0 Å². The molecular weight excluding hydrogens is 316 g/mol. The summed E-state index contributed by atoms with van der Waals surface area (Å²) < 4.78 is 0. The van der Waals surface area contributed by atoms with Crippen molar-refractivity contribution in [2.75, 3.05) is 26.2 Å². The Morgan fingerprint density at radius 3 is 2.48 bits per heavy atom. The van der Waals surface area contributed by atoms with Gasteiger partial charge in [-0.05, 0) is 42.7 Å². The number of piperazine rings is 1. The number of halogens is 1. The number of benzene rings is 1. The molecule has 0 aliphatic carbocycles.